The monoisotopic (exact) mass is 404 g/mol. The smallest absolute Gasteiger partial charge is 0.268 e. The summed E-state index contributed by atoms with van der Waals surface area (Å²) in [6, 6.07) is 8.79. The van der Waals surface area contributed by atoms with Crippen LogP contribution < -0.4 is 0 Å². The van der Waals surface area contributed by atoms with Crippen LogP contribution in [0.1, 0.15) is 19.5 Å². The Morgan fingerprint density at radius 2 is 1.77 bits per heavy atom. The Bertz CT molecular complexity index is 1280. The normalized spacial score (nSPS) is 11.3. The molecule has 9 heteroatoms. The molecular weight excluding hydrogens is 390 g/mol. The molecule has 0 aliphatic heterocycles. The molecule has 1 aromatic carbocycles. The van der Waals surface area contributed by atoms with E-state index in [0.717, 1.165) is 12.1 Å². The van der Waals surface area contributed by atoms with E-state index >= 15 is 0 Å². The second-order valence-electron chi connectivity index (χ2n) is 6.99. The third-order valence-corrected chi connectivity index (χ3v) is 4.42. The highest BCUT2D eigenvalue weighted by molar-refractivity contribution is 5.62. The summed E-state index contributed by atoms with van der Waals surface area (Å²) in [6.07, 6.45) is 4.59. The quantitative estimate of drug-likeness (QED) is 0.499. The standard InChI is InChI=1S/C21H14F2N6O/c1-21(2,11-24)18-7-12(5-6-26-18)16-9-25-10-17(27-16)20-29-28-19(30-20)14-4-3-13(22)8-15(14)23/h3-10H,1-2H3. The summed E-state index contributed by atoms with van der Waals surface area (Å²) >= 11 is 0. The Kier molecular flexibility index (Phi) is 4.75. The van der Waals surface area contributed by atoms with Crippen molar-refractivity contribution in [2.75, 3.05) is 0 Å². The Labute approximate surface area is 170 Å². The van der Waals surface area contributed by atoms with Crippen LogP contribution in [0.15, 0.2) is 53.3 Å². The molecule has 0 atom stereocenters. The van der Waals surface area contributed by atoms with E-state index in [9.17, 15) is 14.0 Å². The maximum absolute atomic E-state index is 14.0. The lowest BCUT2D eigenvalue weighted by atomic mass is 9.90. The third kappa shape index (κ3) is 3.63. The molecule has 0 saturated heterocycles. The molecule has 0 radical (unpaired) electrons. The molecule has 0 amide bonds. The van der Waals surface area contributed by atoms with Gasteiger partial charge in [-0.2, -0.15) is 5.26 Å². The second kappa shape index (κ2) is 7.40. The summed E-state index contributed by atoms with van der Waals surface area (Å²) in [7, 11) is 0. The van der Waals surface area contributed by atoms with Gasteiger partial charge in [0.2, 0.25) is 0 Å². The van der Waals surface area contributed by atoms with E-state index in [-0.39, 0.29) is 23.0 Å². The molecule has 0 saturated carbocycles. The van der Waals surface area contributed by atoms with Crippen LogP contribution in [0.2, 0.25) is 0 Å². The Balaban J connectivity index is 1.69. The lowest BCUT2D eigenvalue weighted by Gasteiger charge is -2.15. The van der Waals surface area contributed by atoms with Gasteiger partial charge in [0, 0.05) is 17.8 Å². The van der Waals surface area contributed by atoms with Gasteiger partial charge in [0.25, 0.3) is 11.8 Å². The third-order valence-electron chi connectivity index (χ3n) is 4.42. The number of nitriles is 1. The second-order valence-corrected chi connectivity index (χ2v) is 6.99. The maximum Gasteiger partial charge on any atom is 0.268 e. The maximum atomic E-state index is 14.0. The minimum Gasteiger partial charge on any atom is -0.414 e. The van der Waals surface area contributed by atoms with E-state index in [0.29, 0.717) is 17.0 Å². The fraction of sp³-hybridized carbons (Fsp3) is 0.143. The van der Waals surface area contributed by atoms with Crippen molar-refractivity contribution in [3.8, 4) is 40.4 Å². The van der Waals surface area contributed by atoms with Gasteiger partial charge >= 0.3 is 0 Å². The van der Waals surface area contributed by atoms with Crippen LogP contribution in [-0.2, 0) is 5.41 Å². The molecule has 3 aromatic heterocycles. The molecule has 7 nitrogen and oxygen atoms in total. The average Bonchev–Trinajstić information content (AvgIpc) is 3.24. The molecule has 0 aliphatic carbocycles. The van der Waals surface area contributed by atoms with Crippen molar-refractivity contribution in [2.24, 2.45) is 0 Å². The molecule has 0 spiro atoms. The average molecular weight is 404 g/mol. The first kappa shape index (κ1) is 19.3. The molecule has 4 rings (SSSR count). The number of aromatic nitrogens is 5. The van der Waals surface area contributed by atoms with Gasteiger partial charge < -0.3 is 4.42 Å². The fourth-order valence-electron chi connectivity index (χ4n) is 2.70. The largest absolute Gasteiger partial charge is 0.414 e. The molecule has 3 heterocycles. The summed E-state index contributed by atoms with van der Waals surface area (Å²) in [5.41, 5.74) is 1.33. The summed E-state index contributed by atoms with van der Waals surface area (Å²) < 4.78 is 32.6. The molecule has 0 bridgehead atoms. The van der Waals surface area contributed by atoms with Crippen molar-refractivity contribution in [3.63, 3.8) is 0 Å². The minimum atomic E-state index is -0.811. The molecular formula is C21H14F2N6O. The Morgan fingerprint density at radius 3 is 2.53 bits per heavy atom. The van der Waals surface area contributed by atoms with Crippen LogP contribution in [0.5, 0.6) is 0 Å². The van der Waals surface area contributed by atoms with Crippen LogP contribution in [0.3, 0.4) is 0 Å². The number of benzene rings is 1. The van der Waals surface area contributed by atoms with E-state index in [1.54, 1.807) is 38.4 Å². The molecule has 0 aliphatic rings. The van der Waals surface area contributed by atoms with Gasteiger partial charge in [-0.15, -0.1) is 10.2 Å². The molecule has 148 valence electrons. The zero-order valence-corrected chi connectivity index (χ0v) is 16.0. The Hall–Kier alpha value is -4.06. The minimum absolute atomic E-state index is 0.0169. The fourth-order valence-corrected chi connectivity index (χ4v) is 2.70. The summed E-state index contributed by atoms with van der Waals surface area (Å²) in [4.78, 5) is 12.9. The highest BCUT2D eigenvalue weighted by atomic mass is 19.1. The number of halogens is 2. The van der Waals surface area contributed by atoms with Crippen molar-refractivity contribution in [1.29, 1.82) is 5.26 Å². The van der Waals surface area contributed by atoms with Crippen LogP contribution in [-0.4, -0.2) is 25.1 Å². The van der Waals surface area contributed by atoms with Gasteiger partial charge in [-0.1, -0.05) is 0 Å². The van der Waals surface area contributed by atoms with E-state index in [4.69, 9.17) is 4.42 Å². The van der Waals surface area contributed by atoms with Gasteiger partial charge in [0.15, 0.2) is 0 Å². The molecule has 0 N–H and O–H groups in total. The first-order chi connectivity index (χ1) is 14.4. The number of hydrogen-bond donors (Lipinski definition) is 0. The number of rotatable bonds is 4. The van der Waals surface area contributed by atoms with E-state index in [1.807, 2.05) is 0 Å². The number of nitrogens with zero attached hydrogens (tertiary/aromatic N) is 6. The molecule has 30 heavy (non-hydrogen) atoms. The number of hydrogen-bond acceptors (Lipinski definition) is 7. The predicted molar refractivity (Wildman–Crippen MR) is 103 cm³/mol. The van der Waals surface area contributed by atoms with Gasteiger partial charge in [0.1, 0.15) is 17.3 Å². The SMILES string of the molecule is CC(C)(C#N)c1cc(-c2cncc(-c3nnc(-c4ccc(F)cc4F)o3)n2)ccn1. The van der Waals surface area contributed by atoms with Crippen molar-refractivity contribution in [3.05, 3.63) is 66.3 Å². The van der Waals surface area contributed by atoms with Crippen molar-refractivity contribution < 1.29 is 13.2 Å². The van der Waals surface area contributed by atoms with Crippen LogP contribution in [0.4, 0.5) is 8.78 Å². The Morgan fingerprint density at radius 1 is 1.00 bits per heavy atom. The summed E-state index contributed by atoms with van der Waals surface area (Å²) in [6.45, 7) is 3.55. The highest BCUT2D eigenvalue weighted by Gasteiger charge is 2.22. The van der Waals surface area contributed by atoms with E-state index in [2.05, 4.69) is 31.2 Å². The zero-order valence-electron chi connectivity index (χ0n) is 16.0. The summed E-state index contributed by atoms with van der Waals surface area (Å²) in [5.74, 6) is -1.58. The van der Waals surface area contributed by atoms with Crippen LogP contribution in [0.25, 0.3) is 34.3 Å². The van der Waals surface area contributed by atoms with Gasteiger partial charge in [-0.3, -0.25) is 9.97 Å². The van der Waals surface area contributed by atoms with Gasteiger partial charge in [-0.05, 0) is 38.1 Å². The van der Waals surface area contributed by atoms with E-state index < -0.39 is 17.0 Å². The van der Waals surface area contributed by atoms with Gasteiger partial charge in [0.05, 0.1) is 40.8 Å². The predicted octanol–water partition coefficient (Wildman–Crippen LogP) is 4.33. The van der Waals surface area contributed by atoms with Crippen molar-refractivity contribution in [1.82, 2.24) is 25.1 Å². The van der Waals surface area contributed by atoms with Gasteiger partial charge in [-0.25, -0.2) is 13.8 Å². The zero-order chi connectivity index (χ0) is 21.3. The van der Waals surface area contributed by atoms with Crippen molar-refractivity contribution >= 4 is 0 Å². The first-order valence-corrected chi connectivity index (χ1v) is 8.87. The molecule has 0 unspecified atom stereocenters. The lowest BCUT2D eigenvalue weighted by Crippen LogP contribution is -2.15. The molecule has 0 fully saturated rings. The molecule has 4 aromatic rings. The van der Waals surface area contributed by atoms with Crippen molar-refractivity contribution in [2.45, 2.75) is 19.3 Å². The van der Waals surface area contributed by atoms with Crippen LogP contribution in [0, 0.1) is 23.0 Å². The number of pyridine rings is 1. The van der Waals surface area contributed by atoms with Crippen LogP contribution >= 0.6 is 0 Å². The van der Waals surface area contributed by atoms with E-state index in [1.165, 1.54) is 12.3 Å². The summed E-state index contributed by atoms with van der Waals surface area (Å²) in [5, 5.41) is 17.1. The first-order valence-electron chi connectivity index (χ1n) is 8.87. The highest BCUT2D eigenvalue weighted by Crippen LogP contribution is 2.28. The lowest BCUT2D eigenvalue weighted by molar-refractivity contribution is 0.559. The topological polar surface area (TPSA) is 101 Å².